The lowest BCUT2D eigenvalue weighted by atomic mass is 10.1. The van der Waals surface area contributed by atoms with Crippen LogP contribution in [0.2, 0.25) is 0 Å². The van der Waals surface area contributed by atoms with Gasteiger partial charge in [0, 0.05) is 0 Å². The Morgan fingerprint density at radius 2 is 2.26 bits per heavy atom. The number of ether oxygens (including phenoxy) is 1. The van der Waals surface area contributed by atoms with Gasteiger partial charge in [0.2, 0.25) is 0 Å². The first-order chi connectivity index (χ1) is 9.13. The van der Waals surface area contributed by atoms with Gasteiger partial charge in [-0.05, 0) is 0 Å². The number of imidazole rings is 1. The Labute approximate surface area is 108 Å². The molecule has 6 N–H and O–H groups in total. The highest BCUT2D eigenvalue weighted by Crippen LogP contribution is 2.33. The maximum atomic E-state index is 9.97. The Hall–Kier alpha value is -1.68. The molecule has 9 nitrogen and oxygen atoms in total. The van der Waals surface area contributed by atoms with Crippen molar-refractivity contribution in [2.45, 2.75) is 24.5 Å². The molecule has 0 radical (unpaired) electrons. The molecular weight excluding hydrogens is 254 g/mol. The summed E-state index contributed by atoms with van der Waals surface area (Å²) in [5.74, 6) is 0.876. The van der Waals surface area contributed by atoms with E-state index in [1.54, 1.807) is 4.57 Å². The quantitative estimate of drug-likeness (QED) is 0.403. The largest absolute Gasteiger partial charge is 0.394 e. The number of aliphatic hydroxyl groups excluding tert-OH is 3. The van der Waals surface area contributed by atoms with Crippen LogP contribution in [0.1, 0.15) is 11.9 Å². The van der Waals surface area contributed by atoms with E-state index < -0.39 is 24.5 Å². The molecule has 3 heterocycles. The van der Waals surface area contributed by atoms with Crippen molar-refractivity contribution >= 4 is 11.7 Å². The maximum Gasteiger partial charge on any atom is 0.165 e. The molecule has 0 amide bonds. The van der Waals surface area contributed by atoms with Crippen LogP contribution in [0, 0.1) is 0 Å². The summed E-state index contributed by atoms with van der Waals surface area (Å²) in [4.78, 5) is 8.09. The SMILES string of the molecule is NC1=NCNc2c1ncn2C1OC(CO)C(O)C1O. The van der Waals surface area contributed by atoms with E-state index in [1.165, 1.54) is 6.33 Å². The van der Waals surface area contributed by atoms with Crippen LogP contribution in [-0.4, -0.2) is 62.3 Å². The Morgan fingerprint density at radius 1 is 1.47 bits per heavy atom. The number of hydrogen-bond donors (Lipinski definition) is 5. The third kappa shape index (κ3) is 1.78. The van der Waals surface area contributed by atoms with E-state index in [9.17, 15) is 10.2 Å². The Bertz CT molecular complexity index is 516. The predicted molar refractivity (Wildman–Crippen MR) is 64.5 cm³/mol. The Morgan fingerprint density at radius 3 is 2.95 bits per heavy atom. The number of aromatic nitrogens is 2. The lowest BCUT2D eigenvalue weighted by Crippen LogP contribution is -2.33. The lowest BCUT2D eigenvalue weighted by Gasteiger charge is -2.21. The van der Waals surface area contributed by atoms with Gasteiger partial charge >= 0.3 is 0 Å². The Balaban J connectivity index is 1.94. The molecule has 3 rings (SSSR count). The van der Waals surface area contributed by atoms with Crippen LogP contribution in [0.4, 0.5) is 5.82 Å². The average molecular weight is 269 g/mol. The molecule has 1 aromatic heterocycles. The minimum atomic E-state index is -1.16. The van der Waals surface area contributed by atoms with Crippen molar-refractivity contribution < 1.29 is 20.1 Å². The molecule has 2 aliphatic rings. The molecular formula is C10H15N5O4. The van der Waals surface area contributed by atoms with Crippen molar-refractivity contribution in [3.8, 4) is 0 Å². The summed E-state index contributed by atoms with van der Waals surface area (Å²) in [6.07, 6.45) is -2.51. The predicted octanol–water partition coefficient (Wildman–Crippen LogP) is -2.42. The summed E-state index contributed by atoms with van der Waals surface area (Å²) < 4.78 is 6.98. The molecule has 19 heavy (non-hydrogen) atoms. The van der Waals surface area contributed by atoms with Gasteiger partial charge in [0.25, 0.3) is 0 Å². The monoisotopic (exact) mass is 269 g/mol. The zero-order chi connectivity index (χ0) is 13.6. The van der Waals surface area contributed by atoms with Crippen LogP contribution in [0.15, 0.2) is 11.3 Å². The van der Waals surface area contributed by atoms with Gasteiger partial charge in [-0.25, -0.2) is 9.98 Å². The van der Waals surface area contributed by atoms with E-state index in [0.717, 1.165) is 0 Å². The molecule has 1 aromatic rings. The summed E-state index contributed by atoms with van der Waals surface area (Å²) >= 11 is 0. The summed E-state index contributed by atoms with van der Waals surface area (Å²) in [5.41, 5.74) is 6.19. The number of aliphatic imine (C=N–C) groups is 1. The molecule has 0 spiro atoms. The molecule has 1 fully saturated rings. The zero-order valence-electron chi connectivity index (χ0n) is 9.97. The van der Waals surface area contributed by atoms with Gasteiger partial charge in [0.15, 0.2) is 6.23 Å². The second-order valence-electron chi connectivity index (χ2n) is 4.46. The van der Waals surface area contributed by atoms with Crippen LogP contribution in [0.25, 0.3) is 0 Å². The van der Waals surface area contributed by atoms with Crippen molar-refractivity contribution in [3.63, 3.8) is 0 Å². The Kier molecular flexibility index (Phi) is 2.90. The highest BCUT2D eigenvalue weighted by atomic mass is 16.6. The average Bonchev–Trinajstić information content (AvgIpc) is 2.94. The van der Waals surface area contributed by atoms with Gasteiger partial charge in [-0.2, -0.15) is 0 Å². The number of nitrogens with one attached hydrogen (secondary N) is 1. The molecule has 9 heteroatoms. The first kappa shape index (κ1) is 12.4. The molecule has 0 aromatic carbocycles. The van der Waals surface area contributed by atoms with E-state index in [0.29, 0.717) is 24.0 Å². The third-order valence-electron chi connectivity index (χ3n) is 3.32. The second-order valence-corrected chi connectivity index (χ2v) is 4.46. The molecule has 104 valence electrons. The van der Waals surface area contributed by atoms with Crippen molar-refractivity contribution in [3.05, 3.63) is 12.0 Å². The highest BCUT2D eigenvalue weighted by Gasteiger charge is 2.44. The van der Waals surface area contributed by atoms with Gasteiger partial charge in [-0.3, -0.25) is 4.57 Å². The van der Waals surface area contributed by atoms with Crippen molar-refractivity contribution in [2.24, 2.45) is 10.7 Å². The highest BCUT2D eigenvalue weighted by molar-refractivity contribution is 6.01. The van der Waals surface area contributed by atoms with E-state index in [1.807, 2.05) is 0 Å². The number of fused-ring (bicyclic) bond motifs is 1. The van der Waals surface area contributed by atoms with E-state index in [4.69, 9.17) is 15.6 Å². The molecule has 0 bridgehead atoms. The van der Waals surface area contributed by atoms with Gasteiger partial charge in [0.1, 0.15) is 42.3 Å². The van der Waals surface area contributed by atoms with Crippen molar-refractivity contribution in [2.75, 3.05) is 18.6 Å². The number of nitrogens with two attached hydrogens (primary N) is 1. The number of hydrogen-bond acceptors (Lipinski definition) is 8. The number of rotatable bonds is 2. The normalized spacial score (nSPS) is 33.7. The van der Waals surface area contributed by atoms with Gasteiger partial charge in [-0.15, -0.1) is 0 Å². The standard InChI is InChI=1S/C10H15N5O4/c11-8-5-9(13-2-12-8)15(3-14-5)10-7(18)6(17)4(1-16)19-10/h3-4,6-7,10,13,16-18H,1-2H2,(H2,11,12). The van der Waals surface area contributed by atoms with Gasteiger partial charge < -0.3 is 31.1 Å². The summed E-state index contributed by atoms with van der Waals surface area (Å²) in [7, 11) is 0. The first-order valence-corrected chi connectivity index (χ1v) is 5.87. The minimum Gasteiger partial charge on any atom is -0.394 e. The van der Waals surface area contributed by atoms with Gasteiger partial charge in [-0.1, -0.05) is 0 Å². The molecule has 1 saturated heterocycles. The molecule has 4 unspecified atom stereocenters. The van der Waals surface area contributed by atoms with Crippen molar-refractivity contribution in [1.82, 2.24) is 9.55 Å². The molecule has 0 saturated carbocycles. The number of anilines is 1. The first-order valence-electron chi connectivity index (χ1n) is 5.87. The topological polar surface area (TPSA) is 138 Å². The van der Waals surface area contributed by atoms with Crippen LogP contribution in [-0.2, 0) is 4.74 Å². The molecule has 0 aliphatic carbocycles. The fraction of sp³-hybridized carbons (Fsp3) is 0.600. The molecule has 2 aliphatic heterocycles. The van der Waals surface area contributed by atoms with Crippen LogP contribution >= 0.6 is 0 Å². The number of amidine groups is 1. The number of aliphatic hydroxyl groups is 3. The van der Waals surface area contributed by atoms with Crippen LogP contribution in [0.5, 0.6) is 0 Å². The smallest absolute Gasteiger partial charge is 0.165 e. The summed E-state index contributed by atoms with van der Waals surface area (Å²) in [6.45, 7) is -0.0675. The van der Waals surface area contributed by atoms with E-state index in [2.05, 4.69) is 15.3 Å². The maximum absolute atomic E-state index is 9.97. The fourth-order valence-electron chi connectivity index (χ4n) is 2.30. The fourth-order valence-corrected chi connectivity index (χ4v) is 2.30. The van der Waals surface area contributed by atoms with E-state index >= 15 is 0 Å². The van der Waals surface area contributed by atoms with E-state index in [-0.39, 0.29) is 6.61 Å². The second kappa shape index (κ2) is 4.46. The summed E-state index contributed by atoms with van der Waals surface area (Å²) in [6, 6.07) is 0. The molecule has 4 atom stereocenters. The van der Waals surface area contributed by atoms with Crippen LogP contribution < -0.4 is 11.1 Å². The third-order valence-corrected chi connectivity index (χ3v) is 3.32. The summed E-state index contributed by atoms with van der Waals surface area (Å²) in [5, 5.41) is 31.8. The van der Waals surface area contributed by atoms with Gasteiger partial charge in [0.05, 0.1) is 12.9 Å². The van der Waals surface area contributed by atoms with Crippen molar-refractivity contribution in [1.29, 1.82) is 0 Å². The lowest BCUT2D eigenvalue weighted by molar-refractivity contribution is -0.0518. The zero-order valence-corrected chi connectivity index (χ0v) is 9.97. The van der Waals surface area contributed by atoms with Crippen LogP contribution in [0.3, 0.4) is 0 Å². The minimum absolute atomic E-state index is 0.305. The number of nitrogens with zero attached hydrogens (tertiary/aromatic N) is 3.